The summed E-state index contributed by atoms with van der Waals surface area (Å²) >= 11 is 1.61. The van der Waals surface area contributed by atoms with Gasteiger partial charge in [0.05, 0.1) is 12.3 Å². The number of piperazine rings is 1. The van der Waals surface area contributed by atoms with Crippen LogP contribution in [0, 0.1) is 0 Å². The molecule has 3 heterocycles. The molecule has 0 unspecified atom stereocenters. The average molecular weight is 280 g/mol. The quantitative estimate of drug-likeness (QED) is 0.903. The predicted molar refractivity (Wildman–Crippen MR) is 77.9 cm³/mol. The second kappa shape index (κ2) is 4.47. The van der Waals surface area contributed by atoms with Crippen molar-refractivity contribution in [3.05, 3.63) is 17.3 Å². The van der Waals surface area contributed by atoms with Crippen molar-refractivity contribution < 1.29 is 5.11 Å². The van der Waals surface area contributed by atoms with Crippen LogP contribution in [0.25, 0.3) is 4.96 Å². The van der Waals surface area contributed by atoms with Crippen LogP contribution in [0.2, 0.25) is 0 Å². The summed E-state index contributed by atoms with van der Waals surface area (Å²) in [7, 11) is 2.16. The van der Waals surface area contributed by atoms with Crippen molar-refractivity contribution in [3.63, 3.8) is 0 Å². The molecule has 104 valence electrons. The fourth-order valence-corrected chi connectivity index (χ4v) is 3.37. The molecule has 2 aromatic rings. The molecule has 2 aromatic heterocycles. The third-order valence-electron chi connectivity index (χ3n) is 4.11. The molecule has 0 saturated carbocycles. The number of hydrogen-bond donors (Lipinski definition) is 1. The van der Waals surface area contributed by atoms with Gasteiger partial charge < -0.3 is 10.0 Å². The zero-order valence-corrected chi connectivity index (χ0v) is 12.4. The van der Waals surface area contributed by atoms with Crippen molar-refractivity contribution >= 4 is 22.1 Å². The van der Waals surface area contributed by atoms with Crippen LogP contribution in [0.3, 0.4) is 0 Å². The van der Waals surface area contributed by atoms with E-state index >= 15 is 0 Å². The summed E-state index contributed by atoms with van der Waals surface area (Å²) < 4.78 is 1.99. The van der Waals surface area contributed by atoms with Gasteiger partial charge in [-0.15, -0.1) is 11.3 Å². The Bertz CT molecular complexity index is 588. The number of thiazole rings is 1. The van der Waals surface area contributed by atoms with Gasteiger partial charge in [-0.2, -0.15) is 0 Å². The smallest absolute Gasteiger partial charge is 0.195 e. The first-order chi connectivity index (χ1) is 9.03. The minimum atomic E-state index is 0.0278. The van der Waals surface area contributed by atoms with Crippen LogP contribution in [0.5, 0.6) is 0 Å². The van der Waals surface area contributed by atoms with E-state index in [2.05, 4.69) is 35.7 Å². The van der Waals surface area contributed by atoms with E-state index in [1.54, 1.807) is 11.3 Å². The summed E-state index contributed by atoms with van der Waals surface area (Å²) in [5.74, 6) is 0.940. The first-order valence-corrected chi connectivity index (χ1v) is 7.42. The summed E-state index contributed by atoms with van der Waals surface area (Å²) in [6.07, 6.45) is 1.98. The van der Waals surface area contributed by atoms with Crippen LogP contribution < -0.4 is 4.90 Å². The van der Waals surface area contributed by atoms with Crippen molar-refractivity contribution in [3.8, 4) is 0 Å². The second-order valence-electron chi connectivity index (χ2n) is 5.75. The Morgan fingerprint density at radius 1 is 1.42 bits per heavy atom. The fourth-order valence-electron chi connectivity index (χ4n) is 2.64. The van der Waals surface area contributed by atoms with Gasteiger partial charge in [0.15, 0.2) is 10.8 Å². The van der Waals surface area contributed by atoms with Gasteiger partial charge in [-0.1, -0.05) is 0 Å². The SMILES string of the molecule is CN1CCN(c2nc3sccn3c2CO)CC1(C)C. The number of fused-ring (bicyclic) bond motifs is 1. The van der Waals surface area contributed by atoms with Gasteiger partial charge in [0, 0.05) is 36.8 Å². The summed E-state index contributed by atoms with van der Waals surface area (Å²) in [5, 5.41) is 11.6. The van der Waals surface area contributed by atoms with Gasteiger partial charge in [0.2, 0.25) is 0 Å². The summed E-state index contributed by atoms with van der Waals surface area (Å²) in [6.45, 7) is 7.43. The summed E-state index contributed by atoms with van der Waals surface area (Å²) in [5.41, 5.74) is 1.03. The molecule has 0 bridgehead atoms. The Labute approximate surface area is 117 Å². The second-order valence-corrected chi connectivity index (χ2v) is 6.62. The summed E-state index contributed by atoms with van der Waals surface area (Å²) in [4.78, 5) is 10.3. The highest BCUT2D eigenvalue weighted by molar-refractivity contribution is 7.15. The molecule has 5 nitrogen and oxygen atoms in total. The Kier molecular flexibility index (Phi) is 3.03. The van der Waals surface area contributed by atoms with E-state index in [4.69, 9.17) is 0 Å². The number of likely N-dealkylation sites (N-methyl/N-ethyl adjacent to an activating group) is 1. The lowest BCUT2D eigenvalue weighted by Crippen LogP contribution is -2.58. The number of aliphatic hydroxyl groups excluding tert-OH is 1. The van der Waals surface area contributed by atoms with E-state index in [1.165, 1.54) is 0 Å². The van der Waals surface area contributed by atoms with Crippen molar-refractivity contribution in [2.75, 3.05) is 31.6 Å². The van der Waals surface area contributed by atoms with Crippen molar-refractivity contribution in [2.24, 2.45) is 0 Å². The highest BCUT2D eigenvalue weighted by atomic mass is 32.1. The van der Waals surface area contributed by atoms with E-state index in [1.807, 2.05) is 16.0 Å². The van der Waals surface area contributed by atoms with Crippen molar-refractivity contribution in [1.82, 2.24) is 14.3 Å². The predicted octanol–water partition coefficient (Wildman–Crippen LogP) is 1.42. The molecule has 19 heavy (non-hydrogen) atoms. The molecular formula is C13H20N4OS. The number of aliphatic hydroxyl groups is 1. The average Bonchev–Trinajstić information content (AvgIpc) is 2.92. The Hall–Kier alpha value is -1.11. The van der Waals surface area contributed by atoms with Crippen LogP contribution in [0.1, 0.15) is 19.5 Å². The van der Waals surface area contributed by atoms with E-state index < -0.39 is 0 Å². The number of hydrogen-bond acceptors (Lipinski definition) is 5. The van der Waals surface area contributed by atoms with Gasteiger partial charge in [0.1, 0.15) is 0 Å². The number of imidazole rings is 1. The van der Waals surface area contributed by atoms with Crippen LogP contribution in [0.4, 0.5) is 5.82 Å². The standard InChI is InChI=1S/C13H20N4OS/c1-13(2)9-16(5-4-15(13)3)11-10(8-18)17-6-7-19-12(17)14-11/h6-7,18H,4-5,8-9H2,1-3H3. The minimum absolute atomic E-state index is 0.0278. The molecule has 0 atom stereocenters. The number of aromatic nitrogens is 2. The van der Waals surface area contributed by atoms with E-state index in [9.17, 15) is 5.11 Å². The Balaban J connectivity index is 1.98. The zero-order valence-electron chi connectivity index (χ0n) is 11.6. The number of anilines is 1. The third kappa shape index (κ3) is 2.04. The Morgan fingerprint density at radius 3 is 2.89 bits per heavy atom. The highest BCUT2D eigenvalue weighted by Crippen LogP contribution is 2.29. The molecule has 0 radical (unpaired) electrons. The number of nitrogens with zero attached hydrogens (tertiary/aromatic N) is 4. The monoisotopic (exact) mass is 280 g/mol. The lowest BCUT2D eigenvalue weighted by molar-refractivity contribution is 0.138. The van der Waals surface area contributed by atoms with Crippen LogP contribution in [0.15, 0.2) is 11.6 Å². The van der Waals surface area contributed by atoms with Crippen LogP contribution >= 0.6 is 11.3 Å². The maximum absolute atomic E-state index is 9.64. The lowest BCUT2D eigenvalue weighted by Gasteiger charge is -2.45. The summed E-state index contributed by atoms with van der Waals surface area (Å²) in [6, 6.07) is 0. The molecule has 0 spiro atoms. The maximum atomic E-state index is 9.64. The lowest BCUT2D eigenvalue weighted by atomic mass is 10.00. The molecule has 1 N–H and O–H groups in total. The largest absolute Gasteiger partial charge is 0.390 e. The van der Waals surface area contributed by atoms with Gasteiger partial charge >= 0.3 is 0 Å². The van der Waals surface area contributed by atoms with Crippen molar-refractivity contribution in [1.29, 1.82) is 0 Å². The molecule has 1 aliphatic heterocycles. The van der Waals surface area contributed by atoms with E-state index in [0.29, 0.717) is 0 Å². The molecule has 0 aliphatic carbocycles. The topological polar surface area (TPSA) is 44.0 Å². The van der Waals surface area contributed by atoms with E-state index in [-0.39, 0.29) is 12.1 Å². The number of rotatable bonds is 2. The van der Waals surface area contributed by atoms with E-state index in [0.717, 1.165) is 36.1 Å². The molecule has 3 rings (SSSR count). The molecule has 0 aromatic carbocycles. The maximum Gasteiger partial charge on any atom is 0.195 e. The Morgan fingerprint density at radius 2 is 2.21 bits per heavy atom. The fraction of sp³-hybridized carbons (Fsp3) is 0.615. The van der Waals surface area contributed by atoms with Crippen LogP contribution in [-0.4, -0.2) is 51.6 Å². The molecule has 0 amide bonds. The van der Waals surface area contributed by atoms with Gasteiger partial charge in [-0.05, 0) is 20.9 Å². The molecule has 1 saturated heterocycles. The van der Waals surface area contributed by atoms with Gasteiger partial charge in [-0.25, -0.2) is 4.98 Å². The third-order valence-corrected chi connectivity index (χ3v) is 4.86. The normalized spacial score (nSPS) is 20.3. The molecule has 1 aliphatic rings. The van der Waals surface area contributed by atoms with Gasteiger partial charge in [0.25, 0.3) is 0 Å². The van der Waals surface area contributed by atoms with Crippen molar-refractivity contribution in [2.45, 2.75) is 26.0 Å². The first kappa shape index (κ1) is 12.9. The zero-order chi connectivity index (χ0) is 13.6. The highest BCUT2D eigenvalue weighted by Gasteiger charge is 2.33. The molecule has 6 heteroatoms. The van der Waals surface area contributed by atoms with Gasteiger partial charge in [-0.3, -0.25) is 9.30 Å². The molecule has 1 fully saturated rings. The molecular weight excluding hydrogens is 260 g/mol. The first-order valence-electron chi connectivity index (χ1n) is 6.54. The minimum Gasteiger partial charge on any atom is -0.390 e. The van der Waals surface area contributed by atoms with Crippen LogP contribution in [-0.2, 0) is 6.61 Å².